The summed E-state index contributed by atoms with van der Waals surface area (Å²) in [5.41, 5.74) is -1.70. The number of aromatic amines is 3. The predicted octanol–water partition coefficient (Wildman–Crippen LogP) is 14.6. The molecule has 0 radical (unpaired) electrons. The van der Waals surface area contributed by atoms with E-state index in [1.165, 1.54) is 112 Å². The van der Waals surface area contributed by atoms with Gasteiger partial charge in [0.05, 0.1) is 76.4 Å². The van der Waals surface area contributed by atoms with E-state index in [0.29, 0.717) is 73.8 Å². The van der Waals surface area contributed by atoms with Crippen LogP contribution in [0, 0.1) is 47.8 Å². The van der Waals surface area contributed by atoms with E-state index in [-0.39, 0.29) is 101 Å². The second kappa shape index (κ2) is 41.7. The number of aromatic nitrogens is 11. The summed E-state index contributed by atoms with van der Waals surface area (Å²) in [7, 11) is -4.82. The number of imidazole rings is 1. The molecule has 8 aromatic heterocycles. The van der Waals surface area contributed by atoms with Crippen molar-refractivity contribution >= 4 is 138 Å². The van der Waals surface area contributed by atoms with Gasteiger partial charge in [0, 0.05) is 101 Å². The maximum Gasteiger partial charge on any atom is 0.422 e. The quantitative estimate of drug-likeness (QED) is 0.0121. The number of carbonyl (C=O) groups excluding carboxylic acids is 4. The number of ether oxygens (including phenoxy) is 3. The van der Waals surface area contributed by atoms with Crippen molar-refractivity contribution in [1.29, 1.82) is 15.8 Å². The van der Waals surface area contributed by atoms with Gasteiger partial charge in [0.1, 0.15) is 73.1 Å². The van der Waals surface area contributed by atoms with E-state index in [1.807, 2.05) is 36.4 Å². The van der Waals surface area contributed by atoms with Gasteiger partial charge < -0.3 is 38.8 Å². The largest absolute Gasteiger partial charge is 0.456 e. The number of nitrogens with zero attached hydrogens (tertiary/aromatic N) is 14. The molecule has 0 bridgehead atoms. The minimum Gasteiger partial charge on any atom is -0.456 e. The average Bonchev–Trinajstić information content (AvgIpc) is 1.58. The number of sulfonamides is 4. The van der Waals surface area contributed by atoms with Crippen molar-refractivity contribution in [3.8, 4) is 97.5 Å². The lowest BCUT2D eigenvalue weighted by molar-refractivity contribution is -0.142. The standard InChI is InChI=1S/C31H30N4O7S2.C27H29F3N4O5S.C18H18N6O6S.C15H11F3N8OS2/c1-5-27(36)21-11-13-25(14-12-21)42-31-26(20-9-7-6-8-10-20)18-28-32-29(19(2)30(37)35(28)31)22-15-23(33-43(3,38)39)17-24(16-22)34-44(4,40)41;1-26(2,3)38-25(35)19-20(27(28,29)30)24(39-33(4)5)34-22(17-13-10-14-18(15-17)32-40(6,36)37)21(31-23(19)34)16-11-8-7-9-12-16;1-22(2)18(27)30-14-13(10-6-5-7-11(8-10)21-31(4,28)29)12(9-19)24-15(14)20-16(25)23(3)17(24)26;1-6-22-23-14(28-6)29-12-9(15(16,17)18)7(4-19)10-8(5-20)11(24-26(10)12)21-13(27)25(2)3/h6-18,32-34H,5H2,1-4H3;7-15,31-32H,1-6H3;5-8,21H,1-4H3,(H,20,25);7H,1-3H3,(H,21,24,27). The number of fused-ring (bicyclic) bond motifs is 4. The highest BCUT2D eigenvalue weighted by molar-refractivity contribution is 8.09. The van der Waals surface area contributed by atoms with Crippen molar-refractivity contribution in [2.45, 2.75) is 76.2 Å². The smallest absolute Gasteiger partial charge is 0.422 e. The van der Waals surface area contributed by atoms with Gasteiger partial charge in [-0.1, -0.05) is 103 Å². The number of anilines is 5. The van der Waals surface area contributed by atoms with Crippen molar-refractivity contribution in [3.05, 3.63) is 239 Å². The minimum atomic E-state index is -5.01. The number of hydrogen-bond donors (Lipinski definition) is 8. The van der Waals surface area contributed by atoms with E-state index in [2.05, 4.69) is 54.5 Å². The Balaban J connectivity index is 0.000000173. The Kier molecular flexibility index (Phi) is 30.9. The van der Waals surface area contributed by atoms with Gasteiger partial charge in [0.25, 0.3) is 5.56 Å². The number of esters is 1. The number of aryl methyl sites for hydroxylation is 1. The molecule has 0 saturated carbocycles. The van der Waals surface area contributed by atoms with Crippen LogP contribution in [-0.2, 0) is 58.1 Å². The number of halogens is 6. The minimum absolute atomic E-state index is 0.0000387. The number of hydrogen-bond acceptors (Lipinski definition) is 28. The van der Waals surface area contributed by atoms with E-state index < -0.39 is 127 Å². The molecule has 41 nitrogen and oxygen atoms in total. The van der Waals surface area contributed by atoms with Gasteiger partial charge in [-0.15, -0.1) is 20.4 Å². The predicted molar refractivity (Wildman–Crippen MR) is 527 cm³/mol. The molecule has 1 aliphatic rings. The number of Topliss-reactive ketones (excluding diaryl/α,β-unsaturated/α-hetero) is 1. The summed E-state index contributed by atoms with van der Waals surface area (Å²) in [5, 5.41) is 43.9. The molecule has 0 saturated heterocycles. The van der Waals surface area contributed by atoms with Crippen molar-refractivity contribution < 1.29 is 98.2 Å². The van der Waals surface area contributed by atoms with Gasteiger partial charge in [-0.2, -0.15) is 42.1 Å². The zero-order valence-corrected chi connectivity index (χ0v) is 83.9. The number of nitrogens with one attached hydrogen (secondary N) is 8. The van der Waals surface area contributed by atoms with E-state index in [1.54, 1.807) is 133 Å². The zero-order valence-electron chi connectivity index (χ0n) is 79.0. The lowest BCUT2D eigenvalue weighted by atomic mass is 9.97. The second-order valence-corrected chi connectivity index (χ2v) is 42.8. The molecule has 15 rings (SSSR count). The Morgan fingerprint density at radius 2 is 1.15 bits per heavy atom. The number of carbonyl (C=O) groups is 4. The van der Waals surface area contributed by atoms with Crippen LogP contribution in [0.15, 0.2) is 182 Å². The van der Waals surface area contributed by atoms with Crippen molar-refractivity contribution in [2.75, 3.05) is 91.5 Å². The highest BCUT2D eigenvalue weighted by Gasteiger charge is 2.51. The molecule has 53 heteroatoms. The number of thioether (sulfide) groups is 1. The fourth-order valence-electron chi connectivity index (χ4n) is 14.5. The van der Waals surface area contributed by atoms with Crippen LogP contribution >= 0.6 is 23.1 Å². The molecule has 6 aromatic carbocycles. The molecule has 8 N–H and O–H groups in total. The fraction of sp³-hybridized carbons (Fsp3) is 0.242. The number of nitriles is 3. The number of allylic oxidation sites excluding steroid dienone is 1. The molecular weight excluding hydrogens is 2010 g/mol. The molecule has 1 aliphatic heterocycles. The Labute approximate surface area is 825 Å². The first kappa shape index (κ1) is 107. The first-order chi connectivity index (χ1) is 67.2. The highest BCUT2D eigenvalue weighted by atomic mass is 32.2. The zero-order chi connectivity index (χ0) is 106. The number of amides is 3. The summed E-state index contributed by atoms with van der Waals surface area (Å²) in [6.45, 7) is 9.70. The van der Waals surface area contributed by atoms with Gasteiger partial charge in [-0.3, -0.25) is 43.2 Å². The number of benzene rings is 6. The Hall–Kier alpha value is -16.0. The number of ketones is 1. The second-order valence-electron chi connectivity index (χ2n) is 33.4. The first-order valence-corrected chi connectivity index (χ1v) is 51.2. The average molecular weight is 2100 g/mol. The van der Waals surface area contributed by atoms with Crippen LogP contribution in [0.25, 0.3) is 78.0 Å². The number of urea groups is 1. The molecule has 0 spiro atoms. The van der Waals surface area contributed by atoms with E-state index >= 15 is 0 Å². The molecular formula is C91H88F6N22O19S6. The lowest BCUT2D eigenvalue weighted by Gasteiger charge is -2.20. The molecule has 144 heavy (non-hydrogen) atoms. The van der Waals surface area contributed by atoms with Crippen LogP contribution in [0.3, 0.4) is 0 Å². The molecule has 1 atom stereocenters. The molecule has 1 unspecified atom stereocenters. The topological polar surface area (TPSA) is 543 Å². The summed E-state index contributed by atoms with van der Waals surface area (Å²) in [6.07, 6.45) is -6.37. The van der Waals surface area contributed by atoms with E-state index in [0.717, 1.165) is 65.5 Å². The Bertz CT molecular complexity index is 8270. The summed E-state index contributed by atoms with van der Waals surface area (Å²) >= 11 is 1.72. The van der Waals surface area contributed by atoms with Crippen LogP contribution in [0.4, 0.5) is 64.5 Å². The molecule has 9 heterocycles. The van der Waals surface area contributed by atoms with Crippen molar-refractivity contribution in [1.82, 2.24) is 67.6 Å². The Morgan fingerprint density at radius 3 is 1.65 bits per heavy atom. The summed E-state index contributed by atoms with van der Waals surface area (Å²) in [4.78, 5) is 105. The molecule has 3 amide bonds. The van der Waals surface area contributed by atoms with Gasteiger partial charge in [-0.05, 0) is 130 Å². The third-order valence-electron chi connectivity index (χ3n) is 20.2. The van der Waals surface area contributed by atoms with E-state index in [9.17, 15) is 109 Å². The number of H-pyrrole nitrogens is 3. The summed E-state index contributed by atoms with van der Waals surface area (Å²) in [6, 6.07) is 47.7. The maximum absolute atomic E-state index is 14.7. The van der Waals surface area contributed by atoms with E-state index in [4.69, 9.17) is 19.0 Å². The third-order valence-corrected chi connectivity index (χ3v) is 24.6. The first-order valence-electron chi connectivity index (χ1n) is 42.0. The van der Waals surface area contributed by atoms with Crippen molar-refractivity contribution in [3.63, 3.8) is 0 Å². The third kappa shape index (κ3) is 24.4. The number of hydroxylamine groups is 2. The molecule has 14 aromatic rings. The monoisotopic (exact) mass is 2100 g/mol. The summed E-state index contributed by atoms with van der Waals surface area (Å²) < 4.78 is 212. The molecule has 0 aliphatic carbocycles. The fourth-order valence-corrected chi connectivity index (χ4v) is 18.7. The Morgan fingerprint density at radius 1 is 0.604 bits per heavy atom. The molecule has 0 fully saturated rings. The SMILES string of the molecule is CCC(=O)c1ccc(Oc2c(-c3ccccc3)cc3[nH]c(-c4cc(NS(C)(=O)=O)cc(NS(C)(=O)=O)c4)c(C)c(=O)n23)cc1.CN(C)C(=O)Oc1c(-c2cccc(NS(C)(=O)=O)c2)c(C#N)n2c(=O)n(C)c(=O)[nH]c12.CN(C)Oc1c(C(F)(F)F)c(C(=O)OC(C)(C)C)c2[nH]c(-c3ccccc3)c(-c3cccc(NS(C)(=O)=O)c3)n12.Cc1nnc(SC2=C(C(F)(F)F)C(C#N)c3c(C#N)c(NC(=O)N(C)C)nn32)s1. The van der Waals surface area contributed by atoms with Crippen LogP contribution in [0.2, 0.25) is 0 Å². The van der Waals surface area contributed by atoms with Gasteiger partial charge in [-0.25, -0.2) is 75.7 Å². The number of rotatable bonds is 24. The maximum atomic E-state index is 14.7. The van der Waals surface area contributed by atoms with Crippen molar-refractivity contribution in [2.24, 2.45) is 7.05 Å². The van der Waals surface area contributed by atoms with Crippen LogP contribution in [0.5, 0.6) is 23.3 Å². The van der Waals surface area contributed by atoms with Crippen LogP contribution in [0.1, 0.15) is 93.8 Å². The van der Waals surface area contributed by atoms with Gasteiger partial charge in [0.2, 0.25) is 51.9 Å². The molecule has 754 valence electrons. The van der Waals surface area contributed by atoms with Crippen LogP contribution < -0.4 is 55.5 Å². The van der Waals surface area contributed by atoms with Crippen LogP contribution in [-0.4, -0.2) is 204 Å². The summed E-state index contributed by atoms with van der Waals surface area (Å²) in [5.74, 6) is -3.40. The number of alkyl halides is 6. The van der Waals surface area contributed by atoms with Gasteiger partial charge >= 0.3 is 41.8 Å². The lowest BCUT2D eigenvalue weighted by Crippen LogP contribution is -2.37. The van der Waals surface area contributed by atoms with Gasteiger partial charge in [0.15, 0.2) is 27.3 Å². The normalized spacial score (nSPS) is 12.7. The highest BCUT2D eigenvalue weighted by Crippen LogP contribution is 2.54.